The lowest BCUT2D eigenvalue weighted by atomic mass is 9.90. The first-order valence-corrected chi connectivity index (χ1v) is 14.2. The summed E-state index contributed by atoms with van der Waals surface area (Å²) in [6, 6.07) is 23.9. The molecule has 3 N–H and O–H groups in total. The zero-order valence-electron chi connectivity index (χ0n) is 24.2. The number of hydrogen-bond acceptors (Lipinski definition) is 6. The number of nitrogens with one attached hydrogen (secondary N) is 1. The van der Waals surface area contributed by atoms with Gasteiger partial charge in [-0.1, -0.05) is 79.7 Å². The van der Waals surface area contributed by atoms with Crippen LogP contribution in [-0.4, -0.2) is 53.2 Å². The van der Waals surface area contributed by atoms with Crippen molar-refractivity contribution in [2.24, 2.45) is 5.92 Å². The quantitative estimate of drug-likeness (QED) is 0.241. The fourth-order valence-electron chi connectivity index (χ4n) is 5.13. The van der Waals surface area contributed by atoms with E-state index in [0.29, 0.717) is 6.54 Å². The summed E-state index contributed by atoms with van der Waals surface area (Å²) >= 11 is 0. The topological polar surface area (TPSA) is 108 Å². The van der Waals surface area contributed by atoms with E-state index in [0.717, 1.165) is 46.5 Å². The Labute approximate surface area is 247 Å². The van der Waals surface area contributed by atoms with Crippen LogP contribution in [0.5, 0.6) is 0 Å². The number of amides is 1. The Morgan fingerprint density at radius 1 is 0.952 bits per heavy atom. The van der Waals surface area contributed by atoms with Gasteiger partial charge in [-0.2, -0.15) is 0 Å². The van der Waals surface area contributed by atoms with E-state index >= 15 is 0 Å². The number of likely N-dealkylation sites (N-methyl/N-ethyl adjacent to an activating group) is 1. The zero-order valence-corrected chi connectivity index (χ0v) is 24.2. The molecule has 1 saturated heterocycles. The van der Waals surface area contributed by atoms with Crippen LogP contribution in [0.1, 0.15) is 54.4 Å². The van der Waals surface area contributed by atoms with E-state index in [4.69, 9.17) is 14.6 Å². The third-order valence-corrected chi connectivity index (χ3v) is 7.55. The van der Waals surface area contributed by atoms with Crippen LogP contribution in [0, 0.1) is 5.92 Å². The Morgan fingerprint density at radius 2 is 1.67 bits per heavy atom. The maximum Gasteiger partial charge on any atom is 0.303 e. The number of benzene rings is 3. The van der Waals surface area contributed by atoms with Crippen molar-refractivity contribution in [1.29, 1.82) is 0 Å². The minimum Gasteiger partial charge on any atom is -0.481 e. The average Bonchev–Trinajstić information content (AvgIpc) is 3.00. The number of aliphatic hydroxyl groups is 1. The second-order valence-corrected chi connectivity index (χ2v) is 10.8. The monoisotopic (exact) mass is 572 g/mol. The Kier molecular flexibility index (Phi) is 11.0. The number of carboxylic acid groups (broad SMARTS) is 1. The fraction of sp³-hybridized carbons (Fsp3) is 0.353. The number of carbonyl (C=O) groups excluding carboxylic acids is 1. The number of nitrogens with zero attached hydrogens (tertiary/aromatic N) is 1. The first kappa shape index (κ1) is 31.1. The molecule has 0 radical (unpaired) electrons. The van der Waals surface area contributed by atoms with Gasteiger partial charge in [-0.15, -0.1) is 6.58 Å². The predicted molar refractivity (Wildman–Crippen MR) is 161 cm³/mol. The van der Waals surface area contributed by atoms with E-state index in [1.807, 2.05) is 78.9 Å². The number of carboxylic acids is 1. The van der Waals surface area contributed by atoms with Gasteiger partial charge in [0.05, 0.1) is 25.2 Å². The van der Waals surface area contributed by atoms with Crippen LogP contribution >= 0.6 is 0 Å². The molecule has 3 aromatic carbocycles. The molecule has 0 bridgehead atoms. The van der Waals surface area contributed by atoms with Crippen LogP contribution in [0.3, 0.4) is 0 Å². The molecule has 0 aromatic heterocycles. The van der Waals surface area contributed by atoms with Gasteiger partial charge in [0.15, 0.2) is 6.29 Å². The van der Waals surface area contributed by atoms with Crippen LogP contribution in [-0.2, 0) is 32.2 Å². The van der Waals surface area contributed by atoms with Crippen molar-refractivity contribution >= 4 is 11.9 Å². The second kappa shape index (κ2) is 14.9. The minimum atomic E-state index is -0.989. The maximum atomic E-state index is 11.9. The summed E-state index contributed by atoms with van der Waals surface area (Å²) in [5.41, 5.74) is 5.77. The van der Waals surface area contributed by atoms with E-state index in [1.54, 1.807) is 0 Å². The van der Waals surface area contributed by atoms with Gasteiger partial charge >= 0.3 is 5.97 Å². The molecule has 8 nitrogen and oxygen atoms in total. The Morgan fingerprint density at radius 3 is 2.33 bits per heavy atom. The third kappa shape index (κ3) is 8.36. The van der Waals surface area contributed by atoms with Gasteiger partial charge in [0.1, 0.15) is 0 Å². The van der Waals surface area contributed by atoms with E-state index in [1.165, 1.54) is 0 Å². The number of hydrogen-bond donors (Lipinski definition) is 3. The fourth-order valence-corrected chi connectivity index (χ4v) is 5.13. The molecule has 4 unspecified atom stereocenters. The summed E-state index contributed by atoms with van der Waals surface area (Å²) in [6.45, 7) is 7.83. The van der Waals surface area contributed by atoms with Crippen LogP contribution in [0.4, 0.5) is 0 Å². The van der Waals surface area contributed by atoms with E-state index in [-0.39, 0.29) is 43.5 Å². The number of rotatable bonds is 13. The third-order valence-electron chi connectivity index (χ3n) is 7.55. The Bertz CT molecular complexity index is 1340. The Balaban J connectivity index is 1.49. The normalized spacial score (nSPS) is 20.3. The summed E-state index contributed by atoms with van der Waals surface area (Å²) < 4.78 is 13.1. The second-order valence-electron chi connectivity index (χ2n) is 10.8. The first-order chi connectivity index (χ1) is 20.3. The molecule has 0 spiro atoms. The zero-order chi connectivity index (χ0) is 30.1. The van der Waals surface area contributed by atoms with Crippen molar-refractivity contribution in [2.75, 3.05) is 20.1 Å². The van der Waals surface area contributed by atoms with Gasteiger partial charge in [-0.3, -0.25) is 9.59 Å². The van der Waals surface area contributed by atoms with Crippen molar-refractivity contribution in [3.63, 3.8) is 0 Å². The highest BCUT2D eigenvalue weighted by Crippen LogP contribution is 2.42. The molecule has 1 aliphatic rings. The lowest BCUT2D eigenvalue weighted by Gasteiger charge is -2.42. The van der Waals surface area contributed by atoms with E-state index in [9.17, 15) is 14.7 Å². The summed E-state index contributed by atoms with van der Waals surface area (Å²) in [5, 5.41) is 21.0. The number of ether oxygens (including phenoxy) is 2. The molecule has 0 saturated carbocycles. The van der Waals surface area contributed by atoms with Crippen LogP contribution in [0.15, 0.2) is 85.5 Å². The van der Waals surface area contributed by atoms with Crippen molar-refractivity contribution in [3.8, 4) is 11.1 Å². The lowest BCUT2D eigenvalue weighted by Crippen LogP contribution is -2.43. The highest BCUT2D eigenvalue weighted by molar-refractivity contribution is 5.80. The summed E-state index contributed by atoms with van der Waals surface area (Å²) in [7, 11) is 2.05. The Hall–Kier alpha value is -3.82. The van der Waals surface area contributed by atoms with Crippen LogP contribution in [0.25, 0.3) is 11.1 Å². The first-order valence-electron chi connectivity index (χ1n) is 14.2. The van der Waals surface area contributed by atoms with Gasteiger partial charge in [0.2, 0.25) is 5.91 Å². The predicted octanol–water partition coefficient (Wildman–Crippen LogP) is 5.24. The molecule has 4 atom stereocenters. The van der Waals surface area contributed by atoms with Crippen LogP contribution in [0.2, 0.25) is 0 Å². The molecule has 222 valence electrons. The van der Waals surface area contributed by atoms with Gasteiger partial charge in [-0.25, -0.2) is 0 Å². The molecule has 3 aromatic rings. The molecule has 8 heteroatoms. The molecular formula is C34H40N2O6. The number of aliphatic carboxylic acids is 1. The summed E-state index contributed by atoms with van der Waals surface area (Å²) in [5.74, 6) is -1.18. The average molecular weight is 573 g/mol. The SMILES string of the molecule is C=CCN(C)CC1OC(c2ccc(-c3cccc(CNC(=O)CCC(=O)O)c3)cc2)OC(c2ccc(CO)cc2)C1C. The molecule has 1 amide bonds. The highest BCUT2D eigenvalue weighted by atomic mass is 16.7. The maximum absolute atomic E-state index is 11.9. The van der Waals surface area contributed by atoms with Gasteiger partial charge < -0.3 is 29.9 Å². The molecule has 4 rings (SSSR count). The summed E-state index contributed by atoms with van der Waals surface area (Å²) in [4.78, 5) is 24.8. The molecule has 1 aliphatic heterocycles. The molecule has 1 fully saturated rings. The van der Waals surface area contributed by atoms with Gasteiger partial charge in [0.25, 0.3) is 0 Å². The van der Waals surface area contributed by atoms with E-state index < -0.39 is 12.3 Å². The minimum absolute atomic E-state index is 0.00124. The molecule has 1 heterocycles. The van der Waals surface area contributed by atoms with Crippen molar-refractivity contribution < 1.29 is 29.3 Å². The molecule has 42 heavy (non-hydrogen) atoms. The molecule has 0 aliphatic carbocycles. The van der Waals surface area contributed by atoms with Crippen molar-refractivity contribution in [3.05, 3.63) is 108 Å². The summed E-state index contributed by atoms with van der Waals surface area (Å²) in [6.07, 6.45) is 0.856. The van der Waals surface area contributed by atoms with Crippen molar-refractivity contribution in [1.82, 2.24) is 10.2 Å². The number of carbonyl (C=O) groups is 2. The lowest BCUT2D eigenvalue weighted by molar-refractivity contribution is -0.275. The highest BCUT2D eigenvalue weighted by Gasteiger charge is 2.38. The molecular weight excluding hydrogens is 532 g/mol. The standard InChI is InChI=1S/C34H40N2O6/c1-4-18-36(3)21-30-23(2)33(27-10-8-24(22-37)9-11-27)42-34(41-30)28-14-12-26(13-15-28)29-7-5-6-25(19-29)20-35-31(38)16-17-32(39)40/h4-15,19,23,30,33-34,37H,1,16-18,20-22H2,2-3H3,(H,35,38)(H,39,40). The van der Waals surface area contributed by atoms with Gasteiger partial charge in [-0.05, 0) is 40.9 Å². The smallest absolute Gasteiger partial charge is 0.303 e. The largest absolute Gasteiger partial charge is 0.481 e. The van der Waals surface area contributed by atoms with E-state index in [2.05, 4.69) is 30.8 Å². The number of aliphatic hydroxyl groups excluding tert-OH is 1. The van der Waals surface area contributed by atoms with Crippen molar-refractivity contribution in [2.45, 2.75) is 51.4 Å². The van der Waals surface area contributed by atoms with Crippen LogP contribution < -0.4 is 5.32 Å². The van der Waals surface area contributed by atoms with Gasteiger partial charge in [0, 0.05) is 37.5 Å².